The summed E-state index contributed by atoms with van der Waals surface area (Å²) in [5.41, 5.74) is 4.18. The lowest BCUT2D eigenvalue weighted by molar-refractivity contribution is -0.140. The third-order valence-electron chi connectivity index (χ3n) is 7.24. The van der Waals surface area contributed by atoms with Crippen molar-refractivity contribution in [3.8, 4) is 0 Å². The van der Waals surface area contributed by atoms with Crippen LogP contribution >= 0.6 is 0 Å². The number of carbonyl (C=O) groups is 2. The molecule has 37 heavy (non-hydrogen) atoms. The van der Waals surface area contributed by atoms with Crippen LogP contribution in [0.2, 0.25) is 0 Å². The fourth-order valence-corrected chi connectivity index (χ4v) is 6.02. The molecule has 0 bridgehead atoms. The van der Waals surface area contributed by atoms with Crippen molar-refractivity contribution in [2.24, 2.45) is 0 Å². The third kappa shape index (κ3) is 7.57. The Balaban J connectivity index is 1.94. The molecule has 202 valence electrons. The minimum Gasteiger partial charge on any atom is -0.352 e. The summed E-state index contributed by atoms with van der Waals surface area (Å²) in [6.45, 7) is 7.49. The predicted molar refractivity (Wildman–Crippen MR) is 149 cm³/mol. The Labute approximate surface area is 222 Å². The van der Waals surface area contributed by atoms with Crippen LogP contribution in [0.4, 0.5) is 5.69 Å². The van der Waals surface area contributed by atoms with Gasteiger partial charge in [-0.15, -0.1) is 0 Å². The number of rotatable bonds is 10. The molecule has 0 aromatic heterocycles. The summed E-state index contributed by atoms with van der Waals surface area (Å²) in [6.07, 6.45) is 6.79. The van der Waals surface area contributed by atoms with E-state index in [1.807, 2.05) is 64.1 Å². The lowest BCUT2D eigenvalue weighted by Gasteiger charge is -2.34. The zero-order valence-corrected chi connectivity index (χ0v) is 23.6. The van der Waals surface area contributed by atoms with Crippen molar-refractivity contribution in [3.05, 3.63) is 64.7 Å². The number of sulfonamides is 1. The molecule has 2 aromatic rings. The maximum absolute atomic E-state index is 13.9. The van der Waals surface area contributed by atoms with Crippen LogP contribution in [0.1, 0.15) is 67.7 Å². The van der Waals surface area contributed by atoms with Crippen LogP contribution in [0.15, 0.2) is 42.5 Å². The second-order valence-electron chi connectivity index (χ2n) is 10.3. The Hall–Kier alpha value is -2.87. The van der Waals surface area contributed by atoms with Gasteiger partial charge >= 0.3 is 0 Å². The first kappa shape index (κ1) is 28.7. The van der Waals surface area contributed by atoms with E-state index in [1.165, 1.54) is 6.42 Å². The van der Waals surface area contributed by atoms with Gasteiger partial charge in [0.1, 0.15) is 12.6 Å². The average Bonchev–Trinajstić information content (AvgIpc) is 2.84. The first-order valence-corrected chi connectivity index (χ1v) is 15.1. The highest BCUT2D eigenvalue weighted by Gasteiger charge is 2.33. The van der Waals surface area contributed by atoms with Crippen LogP contribution < -0.4 is 9.62 Å². The van der Waals surface area contributed by atoms with Crippen molar-refractivity contribution in [1.82, 2.24) is 10.2 Å². The number of amides is 2. The molecular weight excluding hydrogens is 486 g/mol. The van der Waals surface area contributed by atoms with E-state index in [0.717, 1.165) is 58.5 Å². The Kier molecular flexibility index (Phi) is 9.76. The molecule has 0 radical (unpaired) electrons. The molecule has 1 aliphatic carbocycles. The lowest BCUT2D eigenvalue weighted by atomic mass is 9.95. The van der Waals surface area contributed by atoms with Crippen molar-refractivity contribution in [2.45, 2.75) is 84.8 Å². The van der Waals surface area contributed by atoms with Crippen LogP contribution in [-0.2, 0) is 26.2 Å². The maximum Gasteiger partial charge on any atom is 0.244 e. The molecule has 0 heterocycles. The second-order valence-corrected chi connectivity index (χ2v) is 12.2. The SMILES string of the molecule is CCC(C(=O)NC1CCCCC1)N(Cc1ccccc1C)C(=O)CN(c1ccc(C)cc1C)S(C)(=O)=O. The highest BCUT2D eigenvalue weighted by atomic mass is 32.2. The van der Waals surface area contributed by atoms with Gasteiger partial charge in [0.25, 0.3) is 0 Å². The molecule has 1 N–H and O–H groups in total. The van der Waals surface area contributed by atoms with E-state index >= 15 is 0 Å². The molecule has 0 spiro atoms. The molecule has 7 nitrogen and oxygen atoms in total. The zero-order valence-electron chi connectivity index (χ0n) is 22.8. The first-order valence-electron chi connectivity index (χ1n) is 13.2. The van der Waals surface area contributed by atoms with Crippen molar-refractivity contribution in [3.63, 3.8) is 0 Å². The van der Waals surface area contributed by atoms with Gasteiger partial charge in [-0.05, 0) is 62.8 Å². The molecule has 1 aliphatic rings. The van der Waals surface area contributed by atoms with E-state index in [-0.39, 0.29) is 25.0 Å². The smallest absolute Gasteiger partial charge is 0.244 e. The number of nitrogens with zero attached hydrogens (tertiary/aromatic N) is 2. The average molecular weight is 528 g/mol. The summed E-state index contributed by atoms with van der Waals surface area (Å²) in [7, 11) is -3.75. The van der Waals surface area contributed by atoms with Crippen molar-refractivity contribution in [2.75, 3.05) is 17.1 Å². The van der Waals surface area contributed by atoms with Gasteiger partial charge in [-0.3, -0.25) is 13.9 Å². The highest BCUT2D eigenvalue weighted by Crippen LogP contribution is 2.25. The van der Waals surface area contributed by atoms with Crippen molar-refractivity contribution < 1.29 is 18.0 Å². The maximum atomic E-state index is 13.9. The van der Waals surface area contributed by atoms with Crippen molar-refractivity contribution >= 4 is 27.5 Å². The number of hydrogen-bond donors (Lipinski definition) is 1. The Morgan fingerprint density at radius 1 is 1.00 bits per heavy atom. The van der Waals surface area contributed by atoms with E-state index in [2.05, 4.69) is 5.32 Å². The summed E-state index contributed by atoms with van der Waals surface area (Å²) < 4.78 is 26.9. The molecule has 3 rings (SSSR count). The fourth-order valence-electron chi connectivity index (χ4n) is 5.11. The zero-order chi connectivity index (χ0) is 27.2. The third-order valence-corrected chi connectivity index (χ3v) is 8.37. The molecule has 1 atom stereocenters. The van der Waals surface area contributed by atoms with Gasteiger partial charge in [-0.1, -0.05) is 68.1 Å². The van der Waals surface area contributed by atoms with E-state index in [1.54, 1.807) is 11.0 Å². The molecule has 1 saturated carbocycles. The standard InChI is InChI=1S/C29H41N3O4S/c1-6-26(29(34)30-25-14-8-7-9-15-25)31(19-24-13-11-10-12-22(24)3)28(33)20-32(37(5,35)36)27-17-16-21(2)18-23(27)4/h10-13,16-18,25-26H,6-9,14-15,19-20H2,1-5H3,(H,30,34). The molecule has 2 aromatic carbocycles. The number of aryl methyl sites for hydroxylation is 3. The molecule has 2 amide bonds. The molecule has 0 aliphatic heterocycles. The van der Waals surface area contributed by atoms with E-state index < -0.39 is 22.0 Å². The van der Waals surface area contributed by atoms with Gasteiger partial charge in [0.2, 0.25) is 21.8 Å². The second kappa shape index (κ2) is 12.6. The summed E-state index contributed by atoms with van der Waals surface area (Å²) in [5.74, 6) is -0.576. The van der Waals surface area contributed by atoms with Crippen LogP contribution in [0.5, 0.6) is 0 Å². The van der Waals surface area contributed by atoms with Gasteiger partial charge in [-0.25, -0.2) is 8.42 Å². The Bertz CT molecular complexity index is 1210. The molecule has 8 heteroatoms. The highest BCUT2D eigenvalue weighted by molar-refractivity contribution is 7.92. The van der Waals surface area contributed by atoms with Crippen LogP contribution in [0.25, 0.3) is 0 Å². The number of anilines is 1. The fraction of sp³-hybridized carbons (Fsp3) is 0.517. The molecule has 1 fully saturated rings. The minimum atomic E-state index is -3.75. The Morgan fingerprint density at radius 2 is 1.68 bits per heavy atom. The summed E-state index contributed by atoms with van der Waals surface area (Å²) in [6, 6.07) is 12.6. The van der Waals surface area contributed by atoms with Gasteiger partial charge in [0, 0.05) is 12.6 Å². The number of carbonyl (C=O) groups excluding carboxylic acids is 2. The first-order chi connectivity index (χ1) is 17.5. The number of benzene rings is 2. The van der Waals surface area contributed by atoms with E-state index in [4.69, 9.17) is 0 Å². The summed E-state index contributed by atoms with van der Waals surface area (Å²) in [4.78, 5) is 28.9. The quantitative estimate of drug-likeness (QED) is 0.488. The largest absolute Gasteiger partial charge is 0.352 e. The van der Waals surface area contributed by atoms with Gasteiger partial charge < -0.3 is 10.2 Å². The number of hydrogen-bond acceptors (Lipinski definition) is 4. The minimum absolute atomic E-state index is 0.119. The predicted octanol–water partition coefficient (Wildman–Crippen LogP) is 4.63. The summed E-state index contributed by atoms with van der Waals surface area (Å²) in [5, 5.41) is 3.17. The van der Waals surface area contributed by atoms with Gasteiger partial charge in [0.05, 0.1) is 11.9 Å². The van der Waals surface area contributed by atoms with Gasteiger partial charge in [0.15, 0.2) is 0 Å². The lowest BCUT2D eigenvalue weighted by Crippen LogP contribution is -2.54. The van der Waals surface area contributed by atoms with Crippen LogP contribution in [0.3, 0.4) is 0 Å². The monoisotopic (exact) mass is 527 g/mol. The van der Waals surface area contributed by atoms with Crippen molar-refractivity contribution in [1.29, 1.82) is 0 Å². The van der Waals surface area contributed by atoms with E-state index in [9.17, 15) is 18.0 Å². The van der Waals surface area contributed by atoms with E-state index in [0.29, 0.717) is 12.1 Å². The Morgan fingerprint density at radius 3 is 2.27 bits per heavy atom. The number of nitrogens with one attached hydrogen (secondary N) is 1. The van der Waals surface area contributed by atoms with Crippen LogP contribution in [0, 0.1) is 20.8 Å². The molecular formula is C29H41N3O4S. The van der Waals surface area contributed by atoms with Gasteiger partial charge in [-0.2, -0.15) is 0 Å². The topological polar surface area (TPSA) is 86.8 Å². The molecule has 1 unspecified atom stereocenters. The molecule has 0 saturated heterocycles. The summed E-state index contributed by atoms with van der Waals surface area (Å²) >= 11 is 0. The van der Waals surface area contributed by atoms with Crippen LogP contribution in [-0.4, -0.2) is 50.0 Å². The normalized spacial score (nSPS) is 15.2.